The van der Waals surface area contributed by atoms with Crippen molar-refractivity contribution in [1.82, 2.24) is 10.4 Å². The maximum Gasteiger partial charge on any atom is 0.0218 e. The number of nitrogens with one attached hydrogen (secondary N) is 1. The highest BCUT2D eigenvalue weighted by Gasteiger charge is 2.29. The molecule has 0 aromatic carbocycles. The van der Waals surface area contributed by atoms with Gasteiger partial charge in [-0.1, -0.05) is 13.3 Å². The quantitative estimate of drug-likeness (QED) is 0.754. The lowest BCUT2D eigenvalue weighted by Crippen LogP contribution is -2.54. The second kappa shape index (κ2) is 4.84. The van der Waals surface area contributed by atoms with Crippen LogP contribution in [-0.4, -0.2) is 23.1 Å². The van der Waals surface area contributed by atoms with Gasteiger partial charge in [-0.05, 0) is 51.9 Å². The Morgan fingerprint density at radius 3 is 2.13 bits per heavy atom. The molecule has 1 saturated heterocycles. The lowest BCUT2D eigenvalue weighted by molar-refractivity contribution is 0.0299. The van der Waals surface area contributed by atoms with E-state index in [-0.39, 0.29) is 0 Å². The molecule has 1 heterocycles. The minimum absolute atomic E-state index is 0.727. The van der Waals surface area contributed by atoms with Gasteiger partial charge in [0.1, 0.15) is 0 Å². The number of rotatable bonds is 2. The smallest absolute Gasteiger partial charge is 0.0218 e. The first-order chi connectivity index (χ1) is 7.16. The first-order valence-electron chi connectivity index (χ1n) is 6.71. The molecule has 0 radical (unpaired) electrons. The number of hydrogen-bond acceptors (Lipinski definition) is 2. The van der Waals surface area contributed by atoms with E-state index in [4.69, 9.17) is 0 Å². The molecule has 0 bridgehead atoms. The molecular formula is C13H26N2. The van der Waals surface area contributed by atoms with E-state index in [0.29, 0.717) is 0 Å². The molecule has 2 aliphatic rings. The summed E-state index contributed by atoms with van der Waals surface area (Å²) in [5.41, 5.74) is 3.78. The fourth-order valence-electron chi connectivity index (χ4n) is 3.21. The summed E-state index contributed by atoms with van der Waals surface area (Å²) in [6.45, 7) is 7.10. The fraction of sp³-hybridized carbons (Fsp3) is 1.00. The minimum atomic E-state index is 0.727. The molecule has 1 aliphatic heterocycles. The first-order valence-corrected chi connectivity index (χ1v) is 6.71. The van der Waals surface area contributed by atoms with Crippen LogP contribution in [0.4, 0.5) is 0 Å². The lowest BCUT2D eigenvalue weighted by atomic mass is 9.99. The van der Waals surface area contributed by atoms with Gasteiger partial charge in [0.05, 0.1) is 0 Å². The zero-order chi connectivity index (χ0) is 10.8. The number of piperidine rings is 1. The Balaban J connectivity index is 1.86. The van der Waals surface area contributed by atoms with Crippen LogP contribution < -0.4 is 5.43 Å². The minimum Gasteiger partial charge on any atom is -0.252 e. The second-order valence-corrected chi connectivity index (χ2v) is 5.78. The molecule has 2 nitrogen and oxygen atoms in total. The molecular weight excluding hydrogens is 184 g/mol. The van der Waals surface area contributed by atoms with Crippen molar-refractivity contribution in [3.63, 3.8) is 0 Å². The molecule has 1 N–H and O–H groups in total. The van der Waals surface area contributed by atoms with E-state index >= 15 is 0 Å². The van der Waals surface area contributed by atoms with Crippen LogP contribution in [0, 0.1) is 5.92 Å². The number of hydrogen-bond donors (Lipinski definition) is 1. The van der Waals surface area contributed by atoms with E-state index in [2.05, 4.69) is 31.2 Å². The standard InChI is InChI=1S/C13H26N2/c1-10-7-8-13(9-10)14-15-11(2)5-4-6-12(15)3/h10-14H,4-9H2,1-3H3. The second-order valence-electron chi connectivity index (χ2n) is 5.78. The molecule has 2 heteroatoms. The zero-order valence-corrected chi connectivity index (χ0v) is 10.5. The normalized spacial score (nSPS) is 43.4. The van der Waals surface area contributed by atoms with Gasteiger partial charge in [0.15, 0.2) is 0 Å². The summed E-state index contributed by atoms with van der Waals surface area (Å²) >= 11 is 0. The molecule has 2 fully saturated rings. The molecule has 15 heavy (non-hydrogen) atoms. The largest absolute Gasteiger partial charge is 0.252 e. The van der Waals surface area contributed by atoms with E-state index in [1.165, 1.54) is 38.5 Å². The van der Waals surface area contributed by atoms with Gasteiger partial charge in [0.25, 0.3) is 0 Å². The third kappa shape index (κ3) is 2.73. The Hall–Kier alpha value is -0.0800. The van der Waals surface area contributed by atoms with Gasteiger partial charge in [-0.25, -0.2) is 5.01 Å². The van der Waals surface area contributed by atoms with Crippen LogP contribution in [0.5, 0.6) is 0 Å². The Bertz CT molecular complexity index is 195. The molecule has 0 aromatic rings. The molecule has 2 rings (SSSR count). The molecule has 1 aliphatic carbocycles. The van der Waals surface area contributed by atoms with Gasteiger partial charge in [-0.2, -0.15) is 0 Å². The Kier molecular flexibility index (Phi) is 3.68. The third-order valence-corrected chi connectivity index (χ3v) is 4.22. The Morgan fingerprint density at radius 2 is 1.60 bits per heavy atom. The van der Waals surface area contributed by atoms with E-state index in [9.17, 15) is 0 Å². The summed E-state index contributed by atoms with van der Waals surface area (Å²) in [6.07, 6.45) is 8.28. The summed E-state index contributed by atoms with van der Waals surface area (Å²) in [5, 5.41) is 2.53. The molecule has 0 spiro atoms. The Labute approximate surface area is 94.4 Å². The highest BCUT2D eigenvalue weighted by atomic mass is 15.5. The summed E-state index contributed by atoms with van der Waals surface area (Å²) in [5.74, 6) is 0.929. The van der Waals surface area contributed by atoms with Crippen molar-refractivity contribution in [2.45, 2.75) is 77.4 Å². The van der Waals surface area contributed by atoms with Crippen LogP contribution in [0.25, 0.3) is 0 Å². The summed E-state index contributed by atoms with van der Waals surface area (Å²) in [6, 6.07) is 2.21. The van der Waals surface area contributed by atoms with Crippen LogP contribution in [0.1, 0.15) is 59.3 Å². The molecule has 1 saturated carbocycles. The summed E-state index contributed by atoms with van der Waals surface area (Å²) in [7, 11) is 0. The topological polar surface area (TPSA) is 15.3 Å². The summed E-state index contributed by atoms with van der Waals surface area (Å²) < 4.78 is 0. The van der Waals surface area contributed by atoms with Crippen molar-refractivity contribution in [2.75, 3.05) is 0 Å². The van der Waals surface area contributed by atoms with Gasteiger partial charge in [0, 0.05) is 18.1 Å². The predicted octanol–water partition coefficient (Wildman–Crippen LogP) is 2.94. The highest BCUT2D eigenvalue weighted by molar-refractivity contribution is 4.82. The molecule has 88 valence electrons. The van der Waals surface area contributed by atoms with Crippen molar-refractivity contribution < 1.29 is 0 Å². The van der Waals surface area contributed by atoms with Crippen molar-refractivity contribution >= 4 is 0 Å². The van der Waals surface area contributed by atoms with E-state index < -0.39 is 0 Å². The van der Waals surface area contributed by atoms with Crippen LogP contribution in [0.15, 0.2) is 0 Å². The van der Waals surface area contributed by atoms with Gasteiger partial charge in [-0.3, -0.25) is 5.43 Å². The van der Waals surface area contributed by atoms with Gasteiger partial charge >= 0.3 is 0 Å². The number of hydrazine groups is 1. The monoisotopic (exact) mass is 210 g/mol. The van der Waals surface area contributed by atoms with Gasteiger partial charge < -0.3 is 0 Å². The zero-order valence-electron chi connectivity index (χ0n) is 10.5. The SMILES string of the molecule is CC1CCC(NN2C(C)CCCC2C)C1. The van der Waals surface area contributed by atoms with E-state index in [1.807, 2.05) is 0 Å². The van der Waals surface area contributed by atoms with Crippen molar-refractivity contribution in [3.05, 3.63) is 0 Å². The van der Waals surface area contributed by atoms with Crippen LogP contribution in [-0.2, 0) is 0 Å². The summed E-state index contributed by atoms with van der Waals surface area (Å²) in [4.78, 5) is 0. The van der Waals surface area contributed by atoms with Gasteiger partial charge in [0.2, 0.25) is 0 Å². The Morgan fingerprint density at radius 1 is 0.933 bits per heavy atom. The molecule has 0 amide bonds. The maximum atomic E-state index is 3.78. The van der Waals surface area contributed by atoms with Crippen LogP contribution in [0.3, 0.4) is 0 Å². The van der Waals surface area contributed by atoms with E-state index in [1.54, 1.807) is 0 Å². The molecule has 4 atom stereocenters. The molecule has 0 aromatic heterocycles. The van der Waals surface area contributed by atoms with Crippen molar-refractivity contribution in [2.24, 2.45) is 5.92 Å². The van der Waals surface area contributed by atoms with Gasteiger partial charge in [-0.15, -0.1) is 0 Å². The molecule has 4 unspecified atom stereocenters. The third-order valence-electron chi connectivity index (χ3n) is 4.22. The van der Waals surface area contributed by atoms with Crippen molar-refractivity contribution in [3.8, 4) is 0 Å². The first kappa shape index (κ1) is 11.4. The maximum absolute atomic E-state index is 3.78. The number of nitrogens with zero attached hydrogens (tertiary/aromatic N) is 1. The van der Waals surface area contributed by atoms with E-state index in [0.717, 1.165) is 24.0 Å². The predicted molar refractivity (Wildman–Crippen MR) is 64.6 cm³/mol. The average molecular weight is 210 g/mol. The highest BCUT2D eigenvalue weighted by Crippen LogP contribution is 2.27. The van der Waals surface area contributed by atoms with Crippen molar-refractivity contribution in [1.29, 1.82) is 0 Å². The van der Waals surface area contributed by atoms with Crippen LogP contribution in [0.2, 0.25) is 0 Å². The fourth-order valence-corrected chi connectivity index (χ4v) is 3.21. The average Bonchev–Trinajstić information content (AvgIpc) is 2.58. The van der Waals surface area contributed by atoms with Crippen LogP contribution >= 0.6 is 0 Å². The lowest BCUT2D eigenvalue weighted by Gasteiger charge is -2.40.